The maximum Gasteiger partial charge on any atom is 0.172 e. The molecule has 0 unspecified atom stereocenters. The molecule has 0 saturated carbocycles. The summed E-state index contributed by atoms with van der Waals surface area (Å²) in [5.41, 5.74) is 1.04. The van der Waals surface area contributed by atoms with Crippen LogP contribution in [0.25, 0.3) is 0 Å². The zero-order valence-electron chi connectivity index (χ0n) is 8.60. The van der Waals surface area contributed by atoms with Gasteiger partial charge in [-0.3, -0.25) is 4.79 Å². The lowest BCUT2D eigenvalue weighted by atomic mass is 9.96. The van der Waals surface area contributed by atoms with Crippen LogP contribution in [0.5, 0.6) is 0 Å². The van der Waals surface area contributed by atoms with E-state index in [1.807, 2.05) is 0 Å². The number of nitrogens with one attached hydrogen (secondary N) is 1. The number of hydrogen-bond donors (Lipinski definition) is 1. The molecule has 0 fully saturated rings. The third-order valence-electron chi connectivity index (χ3n) is 2.32. The Morgan fingerprint density at radius 1 is 1.54 bits per heavy atom. The van der Waals surface area contributed by atoms with Gasteiger partial charge < -0.3 is 5.32 Å². The van der Waals surface area contributed by atoms with E-state index in [4.69, 9.17) is 0 Å². The maximum absolute atomic E-state index is 11.6. The molecule has 0 amide bonds. The number of carbonyl (C=O) groups is 1. The van der Waals surface area contributed by atoms with Gasteiger partial charge in [0.25, 0.3) is 0 Å². The second kappa shape index (κ2) is 5.18. The average molecular weight is 181 g/mol. The van der Waals surface area contributed by atoms with Crippen molar-refractivity contribution in [3.8, 4) is 0 Å². The molecular weight excluding hydrogens is 162 g/mol. The van der Waals surface area contributed by atoms with Gasteiger partial charge in [-0.2, -0.15) is 0 Å². The van der Waals surface area contributed by atoms with E-state index in [9.17, 15) is 4.79 Å². The molecule has 13 heavy (non-hydrogen) atoms. The SMILES string of the molecule is CC(C)NCC(=O)C1=CCCCC1. The molecule has 2 heteroatoms. The highest BCUT2D eigenvalue weighted by Crippen LogP contribution is 2.17. The van der Waals surface area contributed by atoms with Crippen molar-refractivity contribution < 1.29 is 4.79 Å². The van der Waals surface area contributed by atoms with Crippen LogP contribution < -0.4 is 5.32 Å². The summed E-state index contributed by atoms with van der Waals surface area (Å²) < 4.78 is 0. The fourth-order valence-corrected chi connectivity index (χ4v) is 1.50. The van der Waals surface area contributed by atoms with Crippen molar-refractivity contribution in [1.82, 2.24) is 5.32 Å². The molecule has 2 nitrogen and oxygen atoms in total. The summed E-state index contributed by atoms with van der Waals surface area (Å²) in [5, 5.41) is 3.15. The van der Waals surface area contributed by atoms with E-state index in [1.165, 1.54) is 12.8 Å². The lowest BCUT2D eigenvalue weighted by Crippen LogP contribution is -2.30. The normalized spacial score (nSPS) is 17.3. The molecule has 1 aliphatic carbocycles. The molecule has 0 atom stereocenters. The van der Waals surface area contributed by atoms with Gasteiger partial charge in [-0.05, 0) is 31.3 Å². The number of allylic oxidation sites excluding steroid dienone is 1. The minimum atomic E-state index is 0.286. The van der Waals surface area contributed by atoms with Crippen molar-refractivity contribution in [3.05, 3.63) is 11.6 Å². The van der Waals surface area contributed by atoms with E-state index in [2.05, 4.69) is 25.2 Å². The summed E-state index contributed by atoms with van der Waals surface area (Å²) in [6, 6.07) is 0.396. The minimum Gasteiger partial charge on any atom is -0.307 e. The summed E-state index contributed by atoms with van der Waals surface area (Å²) in [7, 11) is 0. The number of Topliss-reactive ketones (excluding diaryl/α,β-unsaturated/α-hetero) is 1. The highest BCUT2D eigenvalue weighted by molar-refractivity contribution is 5.96. The van der Waals surface area contributed by atoms with Gasteiger partial charge in [-0.15, -0.1) is 0 Å². The summed E-state index contributed by atoms with van der Waals surface area (Å²) in [5.74, 6) is 0.286. The zero-order valence-corrected chi connectivity index (χ0v) is 8.60. The molecule has 0 spiro atoms. The molecule has 1 aliphatic rings. The Balaban J connectivity index is 2.34. The van der Waals surface area contributed by atoms with Gasteiger partial charge in [0.2, 0.25) is 0 Å². The van der Waals surface area contributed by atoms with Crippen molar-refractivity contribution in [3.63, 3.8) is 0 Å². The summed E-state index contributed by atoms with van der Waals surface area (Å²) in [4.78, 5) is 11.6. The van der Waals surface area contributed by atoms with Crippen molar-refractivity contribution in [2.24, 2.45) is 0 Å². The molecule has 0 radical (unpaired) electrons. The van der Waals surface area contributed by atoms with E-state index in [0.717, 1.165) is 18.4 Å². The molecule has 0 saturated heterocycles. The molecule has 0 aromatic carbocycles. The standard InChI is InChI=1S/C11H19NO/c1-9(2)12-8-11(13)10-6-4-3-5-7-10/h6,9,12H,3-5,7-8H2,1-2H3. The van der Waals surface area contributed by atoms with Crippen LogP contribution in [-0.2, 0) is 4.79 Å². The number of carbonyl (C=O) groups excluding carboxylic acids is 1. The second-order valence-electron chi connectivity index (χ2n) is 3.93. The van der Waals surface area contributed by atoms with Gasteiger partial charge in [0.05, 0.1) is 6.54 Å². The van der Waals surface area contributed by atoms with Crippen molar-refractivity contribution in [1.29, 1.82) is 0 Å². The largest absolute Gasteiger partial charge is 0.307 e. The summed E-state index contributed by atoms with van der Waals surface area (Å²) in [6.45, 7) is 4.62. The Morgan fingerprint density at radius 3 is 2.85 bits per heavy atom. The first-order chi connectivity index (χ1) is 6.20. The Kier molecular flexibility index (Phi) is 4.16. The highest BCUT2D eigenvalue weighted by atomic mass is 16.1. The van der Waals surface area contributed by atoms with Gasteiger partial charge in [0.15, 0.2) is 5.78 Å². The molecule has 1 rings (SSSR count). The quantitative estimate of drug-likeness (QED) is 0.719. The lowest BCUT2D eigenvalue weighted by molar-refractivity contribution is -0.115. The highest BCUT2D eigenvalue weighted by Gasteiger charge is 2.11. The monoisotopic (exact) mass is 181 g/mol. The Morgan fingerprint density at radius 2 is 2.31 bits per heavy atom. The van der Waals surface area contributed by atoms with Crippen LogP contribution in [0.1, 0.15) is 39.5 Å². The molecular formula is C11H19NO. The predicted octanol–water partition coefficient (Wildman–Crippen LogP) is 2.05. The van der Waals surface area contributed by atoms with Gasteiger partial charge in [0, 0.05) is 6.04 Å². The van der Waals surface area contributed by atoms with Crippen LogP contribution in [0.15, 0.2) is 11.6 Å². The number of hydrogen-bond acceptors (Lipinski definition) is 2. The predicted molar refractivity (Wildman–Crippen MR) is 54.7 cm³/mol. The molecule has 1 N–H and O–H groups in total. The molecule has 0 aromatic rings. The fraction of sp³-hybridized carbons (Fsp3) is 0.727. The molecule has 0 bridgehead atoms. The molecule has 0 heterocycles. The Labute approximate surface area is 80.4 Å². The summed E-state index contributed by atoms with van der Waals surface area (Å²) in [6.07, 6.45) is 6.60. The van der Waals surface area contributed by atoms with Gasteiger partial charge in [-0.1, -0.05) is 19.9 Å². The smallest absolute Gasteiger partial charge is 0.172 e. The number of rotatable bonds is 4. The van der Waals surface area contributed by atoms with Crippen LogP contribution in [0.3, 0.4) is 0 Å². The van der Waals surface area contributed by atoms with Crippen LogP contribution >= 0.6 is 0 Å². The number of ketones is 1. The first-order valence-corrected chi connectivity index (χ1v) is 5.16. The third kappa shape index (κ3) is 3.73. The lowest BCUT2D eigenvalue weighted by Gasteiger charge is -2.13. The first-order valence-electron chi connectivity index (χ1n) is 5.16. The van der Waals surface area contributed by atoms with E-state index in [0.29, 0.717) is 12.6 Å². The van der Waals surface area contributed by atoms with Gasteiger partial charge in [-0.25, -0.2) is 0 Å². The van der Waals surface area contributed by atoms with E-state index >= 15 is 0 Å². The second-order valence-corrected chi connectivity index (χ2v) is 3.93. The summed E-state index contributed by atoms with van der Waals surface area (Å²) >= 11 is 0. The van der Waals surface area contributed by atoms with Crippen LogP contribution in [-0.4, -0.2) is 18.4 Å². The average Bonchev–Trinajstić information content (AvgIpc) is 2.15. The molecule has 0 aliphatic heterocycles. The van der Waals surface area contributed by atoms with E-state index in [-0.39, 0.29) is 5.78 Å². The fourth-order valence-electron chi connectivity index (χ4n) is 1.50. The topological polar surface area (TPSA) is 29.1 Å². The van der Waals surface area contributed by atoms with Crippen molar-refractivity contribution in [2.75, 3.05) is 6.54 Å². The molecule has 74 valence electrons. The van der Waals surface area contributed by atoms with E-state index < -0.39 is 0 Å². The first kappa shape index (κ1) is 10.5. The Hall–Kier alpha value is -0.630. The van der Waals surface area contributed by atoms with Crippen LogP contribution in [0.2, 0.25) is 0 Å². The van der Waals surface area contributed by atoms with Crippen LogP contribution in [0.4, 0.5) is 0 Å². The van der Waals surface area contributed by atoms with Gasteiger partial charge >= 0.3 is 0 Å². The maximum atomic E-state index is 11.6. The van der Waals surface area contributed by atoms with E-state index in [1.54, 1.807) is 0 Å². The Bertz CT molecular complexity index is 206. The van der Waals surface area contributed by atoms with Crippen LogP contribution in [0, 0.1) is 0 Å². The minimum absolute atomic E-state index is 0.286. The van der Waals surface area contributed by atoms with Gasteiger partial charge in [0.1, 0.15) is 0 Å². The van der Waals surface area contributed by atoms with Crippen molar-refractivity contribution in [2.45, 2.75) is 45.6 Å². The molecule has 0 aromatic heterocycles. The van der Waals surface area contributed by atoms with Crippen molar-refractivity contribution >= 4 is 5.78 Å². The zero-order chi connectivity index (χ0) is 9.68. The third-order valence-corrected chi connectivity index (χ3v) is 2.32.